The van der Waals surface area contributed by atoms with Crippen molar-refractivity contribution in [3.8, 4) is 0 Å². The van der Waals surface area contributed by atoms with E-state index in [1.165, 1.54) is 20.0 Å². The Labute approximate surface area is 162 Å². The highest BCUT2D eigenvalue weighted by Crippen LogP contribution is 2.22. The summed E-state index contributed by atoms with van der Waals surface area (Å²) in [5, 5.41) is 5.67. The molecule has 1 aliphatic rings. The van der Waals surface area contributed by atoms with Gasteiger partial charge in [0, 0.05) is 37.8 Å². The molecule has 0 aromatic heterocycles. The smallest absolute Gasteiger partial charge is 0.350 e. The van der Waals surface area contributed by atoms with Crippen molar-refractivity contribution in [2.75, 3.05) is 5.32 Å². The number of benzene rings is 2. The average Bonchev–Trinajstić information content (AvgIpc) is 2.65. The minimum atomic E-state index is -1.29. The molecule has 0 bridgehead atoms. The van der Waals surface area contributed by atoms with E-state index >= 15 is 0 Å². The number of amides is 1. The van der Waals surface area contributed by atoms with Crippen LogP contribution in [0.5, 0.6) is 0 Å². The maximum atomic E-state index is 12.3. The van der Waals surface area contributed by atoms with Crippen LogP contribution >= 0.6 is 0 Å². The van der Waals surface area contributed by atoms with Crippen molar-refractivity contribution in [1.29, 1.82) is 0 Å². The van der Waals surface area contributed by atoms with Crippen LogP contribution in [-0.4, -0.2) is 23.6 Å². The highest BCUT2D eigenvalue weighted by atomic mass is 16.7. The van der Waals surface area contributed by atoms with Crippen LogP contribution in [0.3, 0.4) is 0 Å². The van der Waals surface area contributed by atoms with Gasteiger partial charge in [0.25, 0.3) is 11.7 Å². The Kier molecular flexibility index (Phi) is 5.44. The third-order valence-corrected chi connectivity index (χ3v) is 3.92. The molecule has 3 rings (SSSR count). The highest BCUT2D eigenvalue weighted by Gasteiger charge is 2.38. The van der Waals surface area contributed by atoms with E-state index in [-0.39, 0.29) is 11.5 Å². The molecule has 2 N–H and O–H groups in total. The first-order valence-corrected chi connectivity index (χ1v) is 8.70. The molecule has 7 nitrogen and oxygen atoms in total. The number of nitrogens with one attached hydrogen (secondary N) is 2. The van der Waals surface area contributed by atoms with Crippen molar-refractivity contribution in [2.45, 2.75) is 26.2 Å². The zero-order valence-electron chi connectivity index (χ0n) is 15.5. The Bertz CT molecular complexity index is 913. The number of ether oxygens (including phenoxy) is 2. The molecule has 1 amide bonds. The number of cyclic esters (lactones) is 2. The van der Waals surface area contributed by atoms with Crippen molar-refractivity contribution < 1.29 is 23.9 Å². The zero-order chi connectivity index (χ0) is 20.1. The predicted octanol–water partition coefficient (Wildman–Crippen LogP) is 2.75. The standard InChI is InChI=1S/C21H20N2O5/c1-21(2)27-19(25)17(20(26)28-21)13-22-16-10-6-9-15(11-16)18(24)23-12-14-7-4-3-5-8-14/h3-11,13,22H,12H2,1-2H3,(H,23,24). The van der Waals surface area contributed by atoms with Crippen molar-refractivity contribution >= 4 is 23.5 Å². The minimum Gasteiger partial charge on any atom is -0.419 e. The first-order chi connectivity index (χ1) is 13.3. The number of carbonyl (C=O) groups excluding carboxylic acids is 3. The largest absolute Gasteiger partial charge is 0.419 e. The SMILES string of the molecule is CC1(C)OC(=O)C(=CNc2cccc(C(=O)NCc3ccccc3)c2)C(=O)O1. The molecule has 1 fully saturated rings. The van der Waals surface area contributed by atoms with Gasteiger partial charge in [0.05, 0.1) is 0 Å². The van der Waals surface area contributed by atoms with E-state index in [0.29, 0.717) is 17.8 Å². The van der Waals surface area contributed by atoms with Gasteiger partial charge in [-0.05, 0) is 23.8 Å². The van der Waals surface area contributed by atoms with Crippen molar-refractivity contribution in [1.82, 2.24) is 5.32 Å². The number of carbonyl (C=O) groups is 3. The molecular weight excluding hydrogens is 360 g/mol. The maximum absolute atomic E-state index is 12.3. The quantitative estimate of drug-likeness (QED) is 0.471. The Morgan fingerprint density at radius 3 is 2.36 bits per heavy atom. The lowest BCUT2D eigenvalue weighted by Gasteiger charge is -2.29. The molecule has 0 saturated carbocycles. The molecule has 0 atom stereocenters. The highest BCUT2D eigenvalue weighted by molar-refractivity contribution is 6.15. The van der Waals surface area contributed by atoms with E-state index in [1.54, 1.807) is 24.3 Å². The molecule has 2 aromatic rings. The van der Waals surface area contributed by atoms with Gasteiger partial charge in [-0.1, -0.05) is 36.4 Å². The molecule has 0 aliphatic carbocycles. The summed E-state index contributed by atoms with van der Waals surface area (Å²) in [5.41, 5.74) is 1.71. The summed E-state index contributed by atoms with van der Waals surface area (Å²) in [6, 6.07) is 16.2. The second-order valence-electron chi connectivity index (χ2n) is 6.63. The number of anilines is 1. The summed E-state index contributed by atoms with van der Waals surface area (Å²) < 4.78 is 10.1. The van der Waals surface area contributed by atoms with E-state index < -0.39 is 17.7 Å². The van der Waals surface area contributed by atoms with Gasteiger partial charge in [0.2, 0.25) is 0 Å². The van der Waals surface area contributed by atoms with Crippen LogP contribution in [0.25, 0.3) is 0 Å². The Balaban J connectivity index is 1.65. The van der Waals surface area contributed by atoms with E-state index in [4.69, 9.17) is 9.47 Å². The average molecular weight is 380 g/mol. The molecule has 144 valence electrons. The Morgan fingerprint density at radius 1 is 1.00 bits per heavy atom. The van der Waals surface area contributed by atoms with E-state index in [9.17, 15) is 14.4 Å². The number of rotatable bonds is 5. The molecular formula is C21H20N2O5. The summed E-state index contributed by atoms with van der Waals surface area (Å²) in [7, 11) is 0. The third kappa shape index (κ3) is 4.76. The van der Waals surface area contributed by atoms with Gasteiger partial charge in [-0.3, -0.25) is 4.79 Å². The van der Waals surface area contributed by atoms with E-state index in [2.05, 4.69) is 10.6 Å². The van der Waals surface area contributed by atoms with Gasteiger partial charge in [-0.15, -0.1) is 0 Å². The Hall–Kier alpha value is -3.61. The first-order valence-electron chi connectivity index (χ1n) is 8.70. The van der Waals surface area contributed by atoms with Crippen LogP contribution in [0.2, 0.25) is 0 Å². The van der Waals surface area contributed by atoms with Crippen molar-refractivity contribution in [2.24, 2.45) is 0 Å². The second-order valence-corrected chi connectivity index (χ2v) is 6.63. The van der Waals surface area contributed by atoms with Crippen LogP contribution in [0.15, 0.2) is 66.4 Å². The topological polar surface area (TPSA) is 93.7 Å². The van der Waals surface area contributed by atoms with Crippen LogP contribution in [0, 0.1) is 0 Å². The summed E-state index contributed by atoms with van der Waals surface area (Å²) in [4.78, 5) is 36.2. The molecule has 1 heterocycles. The fourth-order valence-electron chi connectivity index (χ4n) is 2.56. The summed E-state index contributed by atoms with van der Waals surface area (Å²) in [5.74, 6) is -3.07. The minimum absolute atomic E-state index is 0.238. The molecule has 28 heavy (non-hydrogen) atoms. The normalized spacial score (nSPS) is 15.3. The third-order valence-electron chi connectivity index (χ3n) is 3.92. The molecule has 0 radical (unpaired) electrons. The van der Waals surface area contributed by atoms with Gasteiger partial charge >= 0.3 is 11.9 Å². The molecule has 7 heteroatoms. The van der Waals surface area contributed by atoms with Crippen molar-refractivity contribution in [3.05, 3.63) is 77.5 Å². The number of hydrogen-bond acceptors (Lipinski definition) is 6. The van der Waals surface area contributed by atoms with E-state index in [1.807, 2.05) is 30.3 Å². The second kappa shape index (κ2) is 7.96. The lowest BCUT2D eigenvalue weighted by atomic mass is 10.1. The summed E-state index contributed by atoms with van der Waals surface area (Å²) in [6.07, 6.45) is 1.21. The van der Waals surface area contributed by atoms with Gasteiger partial charge < -0.3 is 20.1 Å². The van der Waals surface area contributed by atoms with Crippen LogP contribution in [0.4, 0.5) is 5.69 Å². The first kappa shape index (κ1) is 19.2. The van der Waals surface area contributed by atoms with Crippen molar-refractivity contribution in [3.63, 3.8) is 0 Å². The number of esters is 2. The molecule has 0 unspecified atom stereocenters. The van der Waals surface area contributed by atoms with Gasteiger partial charge in [-0.2, -0.15) is 0 Å². The van der Waals surface area contributed by atoms with Gasteiger partial charge in [0.1, 0.15) is 0 Å². The molecule has 0 spiro atoms. The molecule has 2 aromatic carbocycles. The van der Waals surface area contributed by atoms with Crippen LogP contribution in [0.1, 0.15) is 29.8 Å². The lowest BCUT2D eigenvalue weighted by molar-refractivity contribution is -0.222. The zero-order valence-corrected chi connectivity index (χ0v) is 15.5. The fraction of sp³-hybridized carbons (Fsp3) is 0.190. The van der Waals surface area contributed by atoms with E-state index in [0.717, 1.165) is 5.56 Å². The predicted molar refractivity (Wildman–Crippen MR) is 102 cm³/mol. The fourth-order valence-corrected chi connectivity index (χ4v) is 2.56. The maximum Gasteiger partial charge on any atom is 0.350 e. The van der Waals surface area contributed by atoms with Crippen LogP contribution in [-0.2, 0) is 25.6 Å². The summed E-state index contributed by atoms with van der Waals surface area (Å²) in [6.45, 7) is 3.37. The monoisotopic (exact) mass is 380 g/mol. The molecule has 1 saturated heterocycles. The van der Waals surface area contributed by atoms with Gasteiger partial charge in [-0.25, -0.2) is 9.59 Å². The van der Waals surface area contributed by atoms with Gasteiger partial charge in [0.15, 0.2) is 5.57 Å². The number of hydrogen-bond donors (Lipinski definition) is 2. The summed E-state index contributed by atoms with van der Waals surface area (Å²) >= 11 is 0. The lowest BCUT2D eigenvalue weighted by Crippen LogP contribution is -2.42. The Morgan fingerprint density at radius 2 is 1.68 bits per heavy atom. The molecule has 1 aliphatic heterocycles. The van der Waals surface area contributed by atoms with Crippen LogP contribution < -0.4 is 10.6 Å².